The van der Waals surface area contributed by atoms with Gasteiger partial charge in [0.1, 0.15) is 12.1 Å². The summed E-state index contributed by atoms with van der Waals surface area (Å²) < 4.78 is 0. The third-order valence-corrected chi connectivity index (χ3v) is 6.75. The molecule has 6 nitrogen and oxygen atoms in total. The molecule has 0 bridgehead atoms. The van der Waals surface area contributed by atoms with Gasteiger partial charge < -0.3 is 10.2 Å². The van der Waals surface area contributed by atoms with Gasteiger partial charge in [-0.2, -0.15) is 0 Å². The number of nitrogens with zero attached hydrogens (tertiary/aromatic N) is 2. The predicted octanol–water partition coefficient (Wildman–Crippen LogP) is 3.13. The Hall–Kier alpha value is -3.15. The van der Waals surface area contributed by atoms with E-state index >= 15 is 0 Å². The van der Waals surface area contributed by atoms with Crippen LogP contribution in [-0.2, 0) is 34.5 Å². The van der Waals surface area contributed by atoms with Crippen molar-refractivity contribution in [3.05, 3.63) is 70.8 Å². The smallest absolute Gasteiger partial charge is 0.325 e. The maximum atomic E-state index is 13.3. The molecule has 5 rings (SSSR count). The minimum Gasteiger partial charge on any atom is -0.334 e. The Morgan fingerprint density at radius 1 is 1.10 bits per heavy atom. The Balaban J connectivity index is 1.34. The highest BCUT2D eigenvalue weighted by molar-refractivity contribution is 6.09. The van der Waals surface area contributed by atoms with Crippen LogP contribution in [0.2, 0.25) is 0 Å². The highest BCUT2D eigenvalue weighted by Gasteiger charge is 2.50. The Bertz CT molecular complexity index is 1050. The van der Waals surface area contributed by atoms with Crippen molar-refractivity contribution in [1.82, 2.24) is 15.1 Å². The largest absolute Gasteiger partial charge is 0.334 e. The molecule has 2 aliphatic carbocycles. The highest BCUT2D eigenvalue weighted by Crippen LogP contribution is 2.33. The number of carbonyl (C=O) groups is 3. The lowest BCUT2D eigenvalue weighted by Crippen LogP contribution is -2.45. The van der Waals surface area contributed by atoms with E-state index in [-0.39, 0.29) is 24.4 Å². The summed E-state index contributed by atoms with van der Waals surface area (Å²) in [6.07, 6.45) is 5.11. The zero-order chi connectivity index (χ0) is 21.6. The molecule has 1 atom stereocenters. The van der Waals surface area contributed by atoms with Gasteiger partial charge in [0.2, 0.25) is 5.91 Å². The molecule has 0 aromatic heterocycles. The van der Waals surface area contributed by atoms with Crippen molar-refractivity contribution in [2.45, 2.75) is 57.2 Å². The van der Waals surface area contributed by atoms with E-state index in [1.165, 1.54) is 11.1 Å². The van der Waals surface area contributed by atoms with E-state index in [1.807, 2.05) is 42.5 Å². The first-order valence-corrected chi connectivity index (χ1v) is 11.1. The average Bonchev–Trinajstić information content (AvgIpc) is 3.46. The first-order valence-electron chi connectivity index (χ1n) is 11.1. The molecule has 4 amide bonds. The second-order valence-corrected chi connectivity index (χ2v) is 9.02. The van der Waals surface area contributed by atoms with Gasteiger partial charge in [0, 0.05) is 12.6 Å². The summed E-state index contributed by atoms with van der Waals surface area (Å²) in [6.45, 7) is 2.00. The fourth-order valence-electron chi connectivity index (χ4n) is 4.73. The minimum atomic E-state index is -1.14. The van der Waals surface area contributed by atoms with Crippen LogP contribution in [-0.4, -0.2) is 40.2 Å². The summed E-state index contributed by atoms with van der Waals surface area (Å²) in [7, 11) is 0. The quantitative estimate of drug-likeness (QED) is 0.734. The minimum absolute atomic E-state index is 0.187. The zero-order valence-corrected chi connectivity index (χ0v) is 17.8. The Kier molecular flexibility index (Phi) is 4.80. The van der Waals surface area contributed by atoms with Crippen LogP contribution in [0, 0.1) is 0 Å². The number of benzene rings is 2. The molecule has 1 aliphatic heterocycles. The van der Waals surface area contributed by atoms with Crippen molar-refractivity contribution in [2.24, 2.45) is 0 Å². The number of hydrogen-bond donors (Lipinski definition) is 1. The molecular weight excluding hydrogens is 390 g/mol. The molecule has 160 valence electrons. The van der Waals surface area contributed by atoms with E-state index in [9.17, 15) is 14.4 Å². The molecular formula is C25H27N3O3. The van der Waals surface area contributed by atoms with Crippen molar-refractivity contribution < 1.29 is 14.4 Å². The van der Waals surface area contributed by atoms with Crippen LogP contribution in [0.15, 0.2) is 48.5 Å². The molecule has 1 saturated carbocycles. The maximum Gasteiger partial charge on any atom is 0.325 e. The van der Waals surface area contributed by atoms with Gasteiger partial charge in [0.25, 0.3) is 5.91 Å². The second-order valence-electron chi connectivity index (χ2n) is 9.02. The molecule has 1 N–H and O–H groups in total. The topological polar surface area (TPSA) is 69.7 Å². The number of nitrogens with one attached hydrogen (secondary N) is 1. The summed E-state index contributed by atoms with van der Waals surface area (Å²) in [4.78, 5) is 42.1. The van der Waals surface area contributed by atoms with E-state index < -0.39 is 11.6 Å². The van der Waals surface area contributed by atoms with Gasteiger partial charge in [0.05, 0.1) is 0 Å². The number of urea groups is 1. The number of amides is 4. The van der Waals surface area contributed by atoms with Crippen LogP contribution in [0.25, 0.3) is 0 Å². The molecule has 3 aliphatic rings. The normalized spacial score (nSPS) is 22.4. The molecule has 2 fully saturated rings. The van der Waals surface area contributed by atoms with E-state index in [4.69, 9.17) is 0 Å². The first kappa shape index (κ1) is 19.8. The fraction of sp³-hybridized carbons (Fsp3) is 0.400. The molecule has 0 spiro atoms. The van der Waals surface area contributed by atoms with Gasteiger partial charge in [-0.1, -0.05) is 48.5 Å². The van der Waals surface area contributed by atoms with Crippen LogP contribution >= 0.6 is 0 Å². The maximum absolute atomic E-state index is 13.3. The summed E-state index contributed by atoms with van der Waals surface area (Å²) in [6, 6.07) is 15.5. The van der Waals surface area contributed by atoms with E-state index in [0.29, 0.717) is 6.54 Å². The van der Waals surface area contributed by atoms with E-state index in [0.717, 1.165) is 48.1 Å². The van der Waals surface area contributed by atoms with Crippen molar-refractivity contribution in [2.75, 3.05) is 6.54 Å². The Labute approximate surface area is 182 Å². The zero-order valence-electron chi connectivity index (χ0n) is 17.8. The van der Waals surface area contributed by atoms with Gasteiger partial charge in [-0.25, -0.2) is 4.79 Å². The van der Waals surface area contributed by atoms with Gasteiger partial charge in [-0.05, 0) is 61.3 Å². The van der Waals surface area contributed by atoms with Gasteiger partial charge in [0.15, 0.2) is 0 Å². The average molecular weight is 418 g/mol. The molecule has 31 heavy (non-hydrogen) atoms. The number of imide groups is 1. The van der Waals surface area contributed by atoms with Crippen LogP contribution in [0.1, 0.15) is 48.4 Å². The number of aryl methyl sites for hydroxylation is 2. The van der Waals surface area contributed by atoms with Crippen LogP contribution < -0.4 is 5.32 Å². The molecule has 0 radical (unpaired) electrons. The van der Waals surface area contributed by atoms with Gasteiger partial charge >= 0.3 is 6.03 Å². The van der Waals surface area contributed by atoms with E-state index in [2.05, 4.69) is 11.4 Å². The Morgan fingerprint density at radius 2 is 1.84 bits per heavy atom. The molecule has 1 heterocycles. The molecule has 1 unspecified atom stereocenters. The van der Waals surface area contributed by atoms with Crippen molar-refractivity contribution >= 4 is 17.8 Å². The molecule has 6 heteroatoms. The van der Waals surface area contributed by atoms with Crippen molar-refractivity contribution in [3.63, 3.8) is 0 Å². The lowest BCUT2D eigenvalue weighted by atomic mass is 9.89. The number of hydrogen-bond acceptors (Lipinski definition) is 3. The van der Waals surface area contributed by atoms with Gasteiger partial charge in [-0.15, -0.1) is 0 Å². The predicted molar refractivity (Wildman–Crippen MR) is 116 cm³/mol. The second kappa shape index (κ2) is 7.52. The monoisotopic (exact) mass is 417 g/mol. The van der Waals surface area contributed by atoms with Crippen molar-refractivity contribution in [1.29, 1.82) is 0 Å². The highest BCUT2D eigenvalue weighted by atomic mass is 16.2. The first-order chi connectivity index (χ1) is 15.0. The number of carbonyl (C=O) groups excluding carboxylic acids is 3. The fourth-order valence-corrected chi connectivity index (χ4v) is 4.73. The Morgan fingerprint density at radius 3 is 2.58 bits per heavy atom. The van der Waals surface area contributed by atoms with Crippen LogP contribution in [0.3, 0.4) is 0 Å². The summed E-state index contributed by atoms with van der Waals surface area (Å²) >= 11 is 0. The van der Waals surface area contributed by atoms with Crippen LogP contribution in [0.5, 0.6) is 0 Å². The summed E-state index contributed by atoms with van der Waals surface area (Å²) in [5.41, 5.74) is 3.25. The SMILES string of the molecule is CC1(c2ccc3c(c2)CCC3)NC(=O)N(CC(=O)N(Cc2ccccc2)C2CC2)C1=O. The third kappa shape index (κ3) is 3.60. The molecule has 2 aromatic carbocycles. The lowest BCUT2D eigenvalue weighted by Gasteiger charge is -2.26. The number of rotatable bonds is 6. The molecule has 2 aromatic rings. The summed E-state index contributed by atoms with van der Waals surface area (Å²) in [5.74, 6) is -0.549. The number of fused-ring (bicyclic) bond motifs is 1. The molecule has 1 saturated heterocycles. The van der Waals surface area contributed by atoms with Gasteiger partial charge in [-0.3, -0.25) is 14.5 Å². The van der Waals surface area contributed by atoms with E-state index in [1.54, 1.807) is 11.8 Å². The third-order valence-electron chi connectivity index (χ3n) is 6.75. The summed E-state index contributed by atoms with van der Waals surface area (Å²) in [5, 5.41) is 2.84. The van der Waals surface area contributed by atoms with Crippen LogP contribution in [0.4, 0.5) is 4.79 Å². The standard InChI is InChI=1S/C25H27N3O3/c1-25(20-11-10-18-8-5-9-19(18)14-20)23(30)28(24(31)26-25)16-22(29)27(21-12-13-21)15-17-6-3-2-4-7-17/h2-4,6-7,10-11,14,21H,5,8-9,12-13,15-16H2,1H3,(H,26,31). The van der Waals surface area contributed by atoms with Crippen molar-refractivity contribution in [3.8, 4) is 0 Å². The lowest BCUT2D eigenvalue weighted by molar-refractivity contribution is -0.139.